The second kappa shape index (κ2) is 11.9. The summed E-state index contributed by atoms with van der Waals surface area (Å²) in [5.41, 5.74) is 5.15. The molecule has 7 nitrogen and oxygen atoms in total. The molecule has 0 bridgehead atoms. The highest BCUT2D eigenvalue weighted by Gasteiger charge is 2.13. The van der Waals surface area contributed by atoms with Gasteiger partial charge in [0.15, 0.2) is 5.96 Å². The van der Waals surface area contributed by atoms with Crippen molar-refractivity contribution in [2.24, 2.45) is 4.99 Å². The van der Waals surface area contributed by atoms with E-state index in [1.54, 1.807) is 0 Å². The minimum Gasteiger partial charge on any atom is -0.379 e. The number of anilines is 1. The Hall–Kier alpha value is -2.61. The van der Waals surface area contributed by atoms with Gasteiger partial charge in [-0.05, 0) is 28.8 Å². The van der Waals surface area contributed by atoms with E-state index in [2.05, 4.69) is 74.0 Å². The molecule has 0 saturated carbocycles. The second-order valence-corrected chi connectivity index (χ2v) is 8.20. The molecule has 2 fully saturated rings. The number of ether oxygens (including phenoxy) is 2. The van der Waals surface area contributed by atoms with E-state index >= 15 is 0 Å². The summed E-state index contributed by atoms with van der Waals surface area (Å²) < 4.78 is 10.9. The molecule has 2 aliphatic heterocycles. The lowest BCUT2D eigenvalue weighted by atomic mass is 10.1. The summed E-state index contributed by atoms with van der Waals surface area (Å²) in [6.07, 6.45) is 0. The maximum atomic E-state index is 5.48. The van der Waals surface area contributed by atoms with Crippen molar-refractivity contribution < 1.29 is 9.47 Å². The zero-order valence-electron chi connectivity index (χ0n) is 19.1. The SMILES string of the molecule is CN=C(NCc1ccc(N2CCOCC2)cc1)NCc1ccccc1CN1CCOCC1. The number of hydrogen-bond acceptors (Lipinski definition) is 5. The lowest BCUT2D eigenvalue weighted by Gasteiger charge is -2.29. The molecule has 7 heteroatoms. The minimum atomic E-state index is 0.735. The highest BCUT2D eigenvalue weighted by atomic mass is 16.5. The molecule has 0 amide bonds. The van der Waals surface area contributed by atoms with Crippen LogP contribution in [0, 0.1) is 0 Å². The minimum absolute atomic E-state index is 0.735. The predicted octanol–water partition coefficient (Wildman–Crippen LogP) is 2.22. The van der Waals surface area contributed by atoms with Gasteiger partial charge in [0.25, 0.3) is 0 Å². The molecule has 0 aliphatic carbocycles. The first-order valence-corrected chi connectivity index (χ1v) is 11.5. The van der Waals surface area contributed by atoms with Crippen LogP contribution in [0.15, 0.2) is 53.5 Å². The number of aliphatic imine (C=N–C) groups is 1. The Morgan fingerprint density at radius 1 is 0.812 bits per heavy atom. The third kappa shape index (κ3) is 6.45. The van der Waals surface area contributed by atoms with Gasteiger partial charge in [0, 0.05) is 58.5 Å². The van der Waals surface area contributed by atoms with Gasteiger partial charge in [-0.1, -0.05) is 36.4 Å². The van der Waals surface area contributed by atoms with Crippen LogP contribution in [0.1, 0.15) is 16.7 Å². The second-order valence-electron chi connectivity index (χ2n) is 8.20. The number of guanidine groups is 1. The van der Waals surface area contributed by atoms with E-state index < -0.39 is 0 Å². The molecule has 0 unspecified atom stereocenters. The summed E-state index contributed by atoms with van der Waals surface area (Å²) in [7, 11) is 1.82. The molecular weight excluding hydrogens is 402 g/mol. The molecule has 4 rings (SSSR count). The number of morpholine rings is 2. The van der Waals surface area contributed by atoms with Gasteiger partial charge in [-0.3, -0.25) is 9.89 Å². The smallest absolute Gasteiger partial charge is 0.191 e. The molecule has 2 N–H and O–H groups in total. The van der Waals surface area contributed by atoms with Crippen LogP contribution in [0.3, 0.4) is 0 Å². The average molecular weight is 438 g/mol. The average Bonchev–Trinajstić information content (AvgIpc) is 2.86. The van der Waals surface area contributed by atoms with Crippen molar-refractivity contribution in [2.75, 3.05) is 64.6 Å². The van der Waals surface area contributed by atoms with E-state index in [9.17, 15) is 0 Å². The Labute approximate surface area is 191 Å². The summed E-state index contributed by atoms with van der Waals surface area (Å²) in [5, 5.41) is 6.90. The van der Waals surface area contributed by atoms with Gasteiger partial charge in [0.2, 0.25) is 0 Å². The van der Waals surface area contributed by atoms with Gasteiger partial charge in [0.1, 0.15) is 0 Å². The van der Waals surface area contributed by atoms with Gasteiger partial charge in [-0.15, -0.1) is 0 Å². The summed E-state index contributed by atoms with van der Waals surface area (Å²) in [4.78, 5) is 9.22. The van der Waals surface area contributed by atoms with Gasteiger partial charge in [0.05, 0.1) is 26.4 Å². The van der Waals surface area contributed by atoms with Crippen molar-refractivity contribution in [1.29, 1.82) is 0 Å². The van der Waals surface area contributed by atoms with Crippen LogP contribution in [0.25, 0.3) is 0 Å². The fourth-order valence-electron chi connectivity index (χ4n) is 4.12. The Morgan fingerprint density at radius 3 is 2.12 bits per heavy atom. The maximum Gasteiger partial charge on any atom is 0.191 e. The van der Waals surface area contributed by atoms with Gasteiger partial charge < -0.3 is 25.0 Å². The predicted molar refractivity (Wildman–Crippen MR) is 129 cm³/mol. The number of benzene rings is 2. The van der Waals surface area contributed by atoms with E-state index in [0.717, 1.165) is 78.2 Å². The Balaban J connectivity index is 1.27. The zero-order valence-corrected chi connectivity index (χ0v) is 19.1. The van der Waals surface area contributed by atoms with Crippen LogP contribution < -0.4 is 15.5 Å². The van der Waals surface area contributed by atoms with E-state index in [1.165, 1.54) is 22.4 Å². The molecule has 2 aromatic carbocycles. The van der Waals surface area contributed by atoms with Crippen LogP contribution >= 0.6 is 0 Å². The Morgan fingerprint density at radius 2 is 1.44 bits per heavy atom. The molecule has 172 valence electrons. The normalized spacial score (nSPS) is 17.9. The highest BCUT2D eigenvalue weighted by Crippen LogP contribution is 2.17. The Bertz CT molecular complexity index is 859. The molecule has 0 atom stereocenters. The van der Waals surface area contributed by atoms with Crippen molar-refractivity contribution >= 4 is 11.6 Å². The van der Waals surface area contributed by atoms with Crippen molar-refractivity contribution in [1.82, 2.24) is 15.5 Å². The number of rotatable bonds is 7. The fraction of sp³-hybridized carbons (Fsp3) is 0.480. The van der Waals surface area contributed by atoms with Crippen LogP contribution in [-0.2, 0) is 29.1 Å². The Kier molecular flexibility index (Phi) is 8.36. The van der Waals surface area contributed by atoms with Crippen molar-refractivity contribution in [2.45, 2.75) is 19.6 Å². The van der Waals surface area contributed by atoms with Crippen LogP contribution in [0.4, 0.5) is 5.69 Å². The van der Waals surface area contributed by atoms with Crippen molar-refractivity contribution in [3.63, 3.8) is 0 Å². The lowest BCUT2D eigenvalue weighted by Crippen LogP contribution is -2.37. The third-order valence-electron chi connectivity index (χ3n) is 6.06. The molecule has 2 heterocycles. The lowest BCUT2D eigenvalue weighted by molar-refractivity contribution is 0.0341. The van der Waals surface area contributed by atoms with Crippen LogP contribution in [0.5, 0.6) is 0 Å². The number of hydrogen-bond donors (Lipinski definition) is 2. The molecule has 2 aliphatic rings. The molecule has 0 spiro atoms. The van der Waals surface area contributed by atoms with Crippen molar-refractivity contribution in [3.05, 3.63) is 65.2 Å². The van der Waals surface area contributed by atoms with Gasteiger partial charge in [-0.25, -0.2) is 0 Å². The highest BCUT2D eigenvalue weighted by molar-refractivity contribution is 5.79. The maximum absolute atomic E-state index is 5.48. The van der Waals surface area contributed by atoms with E-state index in [4.69, 9.17) is 9.47 Å². The van der Waals surface area contributed by atoms with Gasteiger partial charge >= 0.3 is 0 Å². The van der Waals surface area contributed by atoms with Crippen LogP contribution in [0.2, 0.25) is 0 Å². The molecule has 2 saturated heterocycles. The molecular formula is C25H35N5O2. The molecule has 0 aromatic heterocycles. The topological polar surface area (TPSA) is 61.4 Å². The van der Waals surface area contributed by atoms with Crippen molar-refractivity contribution in [3.8, 4) is 0 Å². The van der Waals surface area contributed by atoms with E-state index in [1.807, 2.05) is 7.05 Å². The number of nitrogens with one attached hydrogen (secondary N) is 2. The molecule has 32 heavy (non-hydrogen) atoms. The van der Waals surface area contributed by atoms with E-state index in [-0.39, 0.29) is 0 Å². The van der Waals surface area contributed by atoms with Crippen LogP contribution in [-0.4, -0.2) is 70.5 Å². The first-order chi connectivity index (χ1) is 15.8. The first-order valence-electron chi connectivity index (χ1n) is 11.5. The zero-order chi connectivity index (χ0) is 22.0. The fourth-order valence-corrected chi connectivity index (χ4v) is 4.12. The standard InChI is InChI=1S/C25H35N5O2/c1-26-25(27-18-21-6-8-24(9-7-21)30-12-16-32-17-13-30)28-19-22-4-2-3-5-23(22)20-29-10-14-31-15-11-29/h2-9H,10-20H2,1H3,(H2,26,27,28). The van der Waals surface area contributed by atoms with Gasteiger partial charge in [-0.2, -0.15) is 0 Å². The largest absolute Gasteiger partial charge is 0.379 e. The first kappa shape index (κ1) is 22.6. The summed E-state index contributed by atoms with van der Waals surface area (Å²) >= 11 is 0. The molecule has 2 aromatic rings. The number of nitrogens with zero attached hydrogens (tertiary/aromatic N) is 3. The van der Waals surface area contributed by atoms with E-state index in [0.29, 0.717) is 0 Å². The summed E-state index contributed by atoms with van der Waals surface area (Å²) in [6.45, 7) is 9.61. The third-order valence-corrected chi connectivity index (χ3v) is 6.06. The quantitative estimate of drug-likeness (QED) is 0.512. The summed E-state index contributed by atoms with van der Waals surface area (Å²) in [6, 6.07) is 17.4. The summed E-state index contributed by atoms with van der Waals surface area (Å²) in [5.74, 6) is 0.809. The molecule has 0 radical (unpaired) electrons. The monoisotopic (exact) mass is 437 g/mol.